The van der Waals surface area contributed by atoms with Crippen molar-refractivity contribution >= 4 is 0 Å². The molecule has 0 fully saturated rings. The van der Waals surface area contributed by atoms with Crippen LogP contribution in [-0.2, 0) is 21.1 Å². The SMILES string of the molecule is [CH2-]C([CH2-])[CH2-].[W]. The van der Waals surface area contributed by atoms with Crippen LogP contribution in [0.25, 0.3) is 0 Å². The summed E-state index contributed by atoms with van der Waals surface area (Å²) in [5.41, 5.74) is 0. The van der Waals surface area contributed by atoms with E-state index in [1.165, 1.54) is 0 Å². The van der Waals surface area contributed by atoms with Crippen molar-refractivity contribution in [2.75, 3.05) is 0 Å². The molecular weight excluding hydrogens is 232 g/mol. The predicted octanol–water partition coefficient (Wildman–Crippen LogP) is 1.10. The van der Waals surface area contributed by atoms with Gasteiger partial charge in [0.2, 0.25) is 0 Å². The van der Waals surface area contributed by atoms with Crippen molar-refractivity contribution in [3.05, 3.63) is 20.8 Å². The summed E-state index contributed by atoms with van der Waals surface area (Å²) in [5, 5.41) is 0. The second-order valence-corrected chi connectivity index (χ2v) is 0.866. The number of rotatable bonds is 0. The largest absolute Gasteiger partial charge is 0.447 e. The van der Waals surface area contributed by atoms with Crippen molar-refractivity contribution in [2.24, 2.45) is 5.92 Å². The van der Waals surface area contributed by atoms with E-state index in [0.29, 0.717) is 0 Å². The molecule has 0 saturated carbocycles. The van der Waals surface area contributed by atoms with Crippen LogP contribution in [0, 0.1) is 26.7 Å². The Kier molecular flexibility index (Phi) is 8.62. The first kappa shape index (κ1) is 9.19. The van der Waals surface area contributed by atoms with Gasteiger partial charge in [-0.25, -0.2) is 0 Å². The zero-order valence-electron chi connectivity index (χ0n) is 3.11. The maximum atomic E-state index is 3.42. The molecule has 0 radical (unpaired) electrons. The molecular formula is C4H7W-3. The summed E-state index contributed by atoms with van der Waals surface area (Å²) in [6.45, 7) is 10.2. The fraction of sp³-hybridized carbons (Fsp3) is 0.250. The fourth-order valence-corrected chi connectivity index (χ4v) is 0. The average molecular weight is 239 g/mol. The molecule has 0 N–H and O–H groups in total. The van der Waals surface area contributed by atoms with Crippen LogP contribution in [0.2, 0.25) is 0 Å². The Morgan fingerprint density at radius 2 is 1.00 bits per heavy atom. The molecule has 0 aromatic rings. The second-order valence-electron chi connectivity index (χ2n) is 0.866. The van der Waals surface area contributed by atoms with Gasteiger partial charge in [-0.3, -0.25) is 0 Å². The van der Waals surface area contributed by atoms with E-state index in [1.54, 1.807) is 0 Å². The fourth-order valence-electron chi connectivity index (χ4n) is 0. The van der Waals surface area contributed by atoms with Crippen LogP contribution in [0.5, 0.6) is 0 Å². The Morgan fingerprint density at radius 1 is 1.00 bits per heavy atom. The first-order valence-corrected chi connectivity index (χ1v) is 1.22. The smallest absolute Gasteiger partial charge is 0 e. The molecule has 1 heteroatoms. The Morgan fingerprint density at radius 3 is 1.00 bits per heavy atom. The van der Waals surface area contributed by atoms with Crippen molar-refractivity contribution in [3.8, 4) is 0 Å². The first-order chi connectivity index (χ1) is 1.73. The van der Waals surface area contributed by atoms with E-state index in [1.807, 2.05) is 0 Å². The van der Waals surface area contributed by atoms with E-state index < -0.39 is 0 Å². The molecule has 0 rings (SSSR count). The minimum Gasteiger partial charge on any atom is -0.447 e. The van der Waals surface area contributed by atoms with E-state index in [0.717, 1.165) is 0 Å². The Hall–Kier alpha value is 0.688. The van der Waals surface area contributed by atoms with E-state index in [9.17, 15) is 0 Å². The minimum atomic E-state index is 0. The minimum absolute atomic E-state index is 0. The number of hydrogen-bond donors (Lipinski definition) is 0. The van der Waals surface area contributed by atoms with Gasteiger partial charge in [0.15, 0.2) is 0 Å². The summed E-state index contributed by atoms with van der Waals surface area (Å²) in [7, 11) is 0. The van der Waals surface area contributed by atoms with Crippen LogP contribution in [0.3, 0.4) is 0 Å². The zero-order valence-corrected chi connectivity index (χ0v) is 6.04. The van der Waals surface area contributed by atoms with Gasteiger partial charge >= 0.3 is 0 Å². The van der Waals surface area contributed by atoms with E-state index in [4.69, 9.17) is 0 Å². The molecule has 0 aliphatic rings. The Labute approximate surface area is 48.2 Å². The monoisotopic (exact) mass is 239 g/mol. The summed E-state index contributed by atoms with van der Waals surface area (Å²) < 4.78 is 0. The molecule has 0 amide bonds. The van der Waals surface area contributed by atoms with Crippen molar-refractivity contribution < 1.29 is 21.1 Å². The van der Waals surface area contributed by atoms with Crippen LogP contribution in [0.15, 0.2) is 0 Å². The third-order valence-electron chi connectivity index (χ3n) is 0. The quantitative estimate of drug-likeness (QED) is 0.555. The molecule has 5 heavy (non-hydrogen) atoms. The van der Waals surface area contributed by atoms with Gasteiger partial charge in [-0.05, 0) is 0 Å². The third kappa shape index (κ3) is 71.5. The maximum Gasteiger partial charge on any atom is 0 e. The maximum absolute atomic E-state index is 3.42. The van der Waals surface area contributed by atoms with Gasteiger partial charge in [-0.15, -0.1) is 0 Å². The van der Waals surface area contributed by atoms with Gasteiger partial charge < -0.3 is 26.7 Å². The van der Waals surface area contributed by atoms with Crippen LogP contribution in [-0.4, -0.2) is 0 Å². The molecule has 0 heterocycles. The van der Waals surface area contributed by atoms with E-state index in [2.05, 4.69) is 20.8 Å². The molecule has 32 valence electrons. The van der Waals surface area contributed by atoms with Crippen LogP contribution >= 0.6 is 0 Å². The van der Waals surface area contributed by atoms with Gasteiger partial charge in [0.05, 0.1) is 0 Å². The van der Waals surface area contributed by atoms with Gasteiger partial charge in [0, 0.05) is 21.1 Å². The van der Waals surface area contributed by atoms with Crippen molar-refractivity contribution in [3.63, 3.8) is 0 Å². The average Bonchev–Trinajstić information content (AvgIpc) is 0.811. The van der Waals surface area contributed by atoms with Gasteiger partial charge in [0.25, 0.3) is 0 Å². The van der Waals surface area contributed by atoms with Gasteiger partial charge in [0.1, 0.15) is 0 Å². The normalized spacial score (nSPS) is 7.20. The molecule has 0 atom stereocenters. The summed E-state index contributed by atoms with van der Waals surface area (Å²) in [6.07, 6.45) is 0. The number of hydrogen-bond acceptors (Lipinski definition) is 0. The molecule has 0 saturated heterocycles. The molecule has 0 bridgehead atoms. The van der Waals surface area contributed by atoms with Gasteiger partial charge in [-0.2, -0.15) is 0 Å². The standard InChI is InChI=1S/C4H7.W/c1-4(2)3;/h4H,1-3H2;/q-3;. The molecule has 0 nitrogen and oxygen atoms in total. The molecule has 0 unspecified atom stereocenters. The second kappa shape index (κ2) is 4.69. The van der Waals surface area contributed by atoms with Crippen molar-refractivity contribution in [1.82, 2.24) is 0 Å². The van der Waals surface area contributed by atoms with E-state index in [-0.39, 0.29) is 27.0 Å². The van der Waals surface area contributed by atoms with Crippen LogP contribution < -0.4 is 0 Å². The molecule has 0 aromatic heterocycles. The summed E-state index contributed by atoms with van der Waals surface area (Å²) >= 11 is 0. The Balaban J connectivity index is 0. The predicted molar refractivity (Wildman–Crippen MR) is 19.6 cm³/mol. The zero-order chi connectivity index (χ0) is 3.58. The van der Waals surface area contributed by atoms with Crippen molar-refractivity contribution in [1.29, 1.82) is 0 Å². The topological polar surface area (TPSA) is 0 Å². The molecule has 0 aliphatic heterocycles. The molecule has 0 aromatic carbocycles. The Bertz CT molecular complexity index is 8.36. The van der Waals surface area contributed by atoms with E-state index >= 15 is 0 Å². The molecule has 0 spiro atoms. The molecule has 0 aliphatic carbocycles. The van der Waals surface area contributed by atoms with Gasteiger partial charge in [-0.1, -0.05) is 0 Å². The summed E-state index contributed by atoms with van der Waals surface area (Å²) in [6, 6.07) is 0. The summed E-state index contributed by atoms with van der Waals surface area (Å²) in [5.74, 6) is 0.0833. The van der Waals surface area contributed by atoms with Crippen molar-refractivity contribution in [2.45, 2.75) is 0 Å². The van der Waals surface area contributed by atoms with Crippen LogP contribution in [0.1, 0.15) is 0 Å². The third-order valence-corrected chi connectivity index (χ3v) is 0. The van der Waals surface area contributed by atoms with Crippen LogP contribution in [0.4, 0.5) is 0 Å². The summed E-state index contributed by atoms with van der Waals surface area (Å²) in [4.78, 5) is 0. The first-order valence-electron chi connectivity index (χ1n) is 1.22.